The number of sulfone groups is 1. The summed E-state index contributed by atoms with van der Waals surface area (Å²) in [5.41, 5.74) is -0.228. The van der Waals surface area contributed by atoms with Gasteiger partial charge in [0.05, 0.1) is 11.5 Å². The smallest absolute Gasteiger partial charge is 0.152 e. The molecule has 1 atom stereocenters. The van der Waals surface area contributed by atoms with Crippen molar-refractivity contribution in [2.45, 2.75) is 32.2 Å². The van der Waals surface area contributed by atoms with Gasteiger partial charge in [-0.1, -0.05) is 0 Å². The van der Waals surface area contributed by atoms with Gasteiger partial charge >= 0.3 is 0 Å². The molecule has 0 aromatic rings. The number of hydrogen-bond acceptors (Lipinski definition) is 3. The zero-order valence-corrected chi connectivity index (χ0v) is 9.58. The van der Waals surface area contributed by atoms with Crippen molar-refractivity contribution in [3.8, 4) is 11.8 Å². The van der Waals surface area contributed by atoms with Crippen LogP contribution in [0.5, 0.6) is 0 Å². The topological polar surface area (TPSA) is 46.2 Å². The van der Waals surface area contributed by atoms with Crippen LogP contribution < -0.4 is 5.32 Å². The molecule has 1 saturated heterocycles. The Morgan fingerprint density at radius 3 is 2.71 bits per heavy atom. The van der Waals surface area contributed by atoms with Crippen molar-refractivity contribution in [1.29, 1.82) is 0 Å². The Morgan fingerprint density at radius 2 is 2.21 bits per heavy atom. The summed E-state index contributed by atoms with van der Waals surface area (Å²) in [6.45, 7) is 4.55. The molecule has 1 aliphatic heterocycles. The zero-order valence-electron chi connectivity index (χ0n) is 8.76. The third-order valence-electron chi connectivity index (χ3n) is 2.48. The summed E-state index contributed by atoms with van der Waals surface area (Å²) in [5.74, 6) is 6.34. The Hall–Kier alpha value is -0.530. The van der Waals surface area contributed by atoms with Crippen LogP contribution in [0.4, 0.5) is 0 Å². The molecular formula is C10H17NO2S. The molecule has 1 N–H and O–H groups in total. The van der Waals surface area contributed by atoms with Crippen molar-refractivity contribution in [2.24, 2.45) is 0 Å². The van der Waals surface area contributed by atoms with Gasteiger partial charge in [0.2, 0.25) is 0 Å². The third kappa shape index (κ3) is 3.32. The molecule has 0 bridgehead atoms. The lowest BCUT2D eigenvalue weighted by atomic mass is 10.0. The molecule has 0 aromatic heterocycles. The predicted molar refractivity (Wildman–Crippen MR) is 57.7 cm³/mol. The molecule has 4 heteroatoms. The zero-order chi connectivity index (χ0) is 10.7. The highest BCUT2D eigenvalue weighted by molar-refractivity contribution is 7.91. The van der Waals surface area contributed by atoms with Gasteiger partial charge in [0, 0.05) is 18.5 Å². The average molecular weight is 215 g/mol. The lowest BCUT2D eigenvalue weighted by Crippen LogP contribution is -2.43. The van der Waals surface area contributed by atoms with E-state index in [9.17, 15) is 8.42 Å². The fourth-order valence-corrected chi connectivity index (χ4v) is 3.82. The van der Waals surface area contributed by atoms with Gasteiger partial charge in [-0.05, 0) is 20.3 Å². The van der Waals surface area contributed by atoms with Gasteiger partial charge in [0.15, 0.2) is 9.84 Å². The molecule has 0 radical (unpaired) electrons. The molecule has 1 unspecified atom stereocenters. The van der Waals surface area contributed by atoms with E-state index in [-0.39, 0.29) is 11.3 Å². The van der Waals surface area contributed by atoms with Crippen LogP contribution >= 0.6 is 0 Å². The molecule has 1 rings (SSSR count). The second kappa shape index (κ2) is 4.33. The molecule has 0 spiro atoms. The van der Waals surface area contributed by atoms with Crippen LogP contribution in [0.1, 0.15) is 26.7 Å². The highest BCUT2D eigenvalue weighted by Crippen LogP contribution is 2.22. The maximum atomic E-state index is 11.3. The van der Waals surface area contributed by atoms with E-state index in [0.717, 1.165) is 19.4 Å². The summed E-state index contributed by atoms with van der Waals surface area (Å²) < 4.78 is 22.5. The van der Waals surface area contributed by atoms with Crippen molar-refractivity contribution >= 4 is 9.84 Å². The van der Waals surface area contributed by atoms with Crippen molar-refractivity contribution in [3.63, 3.8) is 0 Å². The molecule has 80 valence electrons. The Labute approximate surface area is 86.2 Å². The standard InChI is InChI=1S/C10H17NO2S/c1-3-4-5-7-11-10(2)6-8-14(12,13)9-10/h11H,5-9H2,1-2H3. The van der Waals surface area contributed by atoms with E-state index in [4.69, 9.17) is 0 Å². The highest BCUT2D eigenvalue weighted by Gasteiger charge is 2.37. The van der Waals surface area contributed by atoms with Crippen molar-refractivity contribution < 1.29 is 8.42 Å². The lowest BCUT2D eigenvalue weighted by Gasteiger charge is -2.23. The Balaban J connectivity index is 2.40. The largest absolute Gasteiger partial charge is 0.310 e. The van der Waals surface area contributed by atoms with Gasteiger partial charge in [0.1, 0.15) is 0 Å². The lowest BCUT2D eigenvalue weighted by molar-refractivity contribution is 0.403. The summed E-state index contributed by atoms with van der Waals surface area (Å²) in [7, 11) is -2.80. The SMILES string of the molecule is CC#CCCNC1(C)CCS(=O)(=O)C1. The molecule has 0 amide bonds. The van der Waals surface area contributed by atoms with Crippen LogP contribution in [-0.4, -0.2) is 32.0 Å². The van der Waals surface area contributed by atoms with Crippen molar-refractivity contribution in [1.82, 2.24) is 5.32 Å². The molecule has 0 aromatic carbocycles. The van der Waals surface area contributed by atoms with E-state index in [1.165, 1.54) is 0 Å². The molecule has 1 fully saturated rings. The minimum Gasteiger partial charge on any atom is -0.310 e. The predicted octanol–water partition coefficient (Wildman–Crippen LogP) is 0.567. The second-order valence-electron chi connectivity index (χ2n) is 4.01. The number of rotatable bonds is 3. The molecule has 0 saturated carbocycles. The summed E-state index contributed by atoms with van der Waals surface area (Å²) in [6, 6.07) is 0. The average Bonchev–Trinajstić information content (AvgIpc) is 2.36. The maximum Gasteiger partial charge on any atom is 0.152 e. The number of nitrogens with one attached hydrogen (secondary N) is 1. The minimum absolute atomic E-state index is 0.228. The van der Waals surface area contributed by atoms with Gasteiger partial charge in [0.25, 0.3) is 0 Å². The first kappa shape index (κ1) is 11.5. The highest BCUT2D eigenvalue weighted by atomic mass is 32.2. The van der Waals surface area contributed by atoms with E-state index in [0.29, 0.717) is 5.75 Å². The van der Waals surface area contributed by atoms with E-state index in [1.54, 1.807) is 0 Å². The third-order valence-corrected chi connectivity index (χ3v) is 4.38. The summed E-state index contributed by atoms with van der Waals surface area (Å²) >= 11 is 0. The van der Waals surface area contributed by atoms with Gasteiger partial charge in [-0.25, -0.2) is 8.42 Å². The quantitative estimate of drug-likeness (QED) is 0.553. The van der Waals surface area contributed by atoms with Crippen LogP contribution in [0, 0.1) is 11.8 Å². The van der Waals surface area contributed by atoms with Crippen LogP contribution in [0.2, 0.25) is 0 Å². The van der Waals surface area contributed by atoms with Crippen LogP contribution in [0.25, 0.3) is 0 Å². The first-order valence-corrected chi connectivity index (χ1v) is 6.65. The van der Waals surface area contributed by atoms with Gasteiger partial charge in [-0.2, -0.15) is 0 Å². The van der Waals surface area contributed by atoms with Crippen LogP contribution in [-0.2, 0) is 9.84 Å². The van der Waals surface area contributed by atoms with Gasteiger partial charge < -0.3 is 5.32 Å². The molecule has 1 heterocycles. The molecule has 14 heavy (non-hydrogen) atoms. The summed E-state index contributed by atoms with van der Waals surface area (Å²) in [4.78, 5) is 0. The van der Waals surface area contributed by atoms with Crippen molar-refractivity contribution in [2.75, 3.05) is 18.1 Å². The second-order valence-corrected chi connectivity index (χ2v) is 6.19. The van der Waals surface area contributed by atoms with Gasteiger partial charge in [-0.15, -0.1) is 11.8 Å². The Kier molecular flexibility index (Phi) is 3.57. The fraction of sp³-hybridized carbons (Fsp3) is 0.800. The van der Waals surface area contributed by atoms with E-state index < -0.39 is 9.84 Å². The van der Waals surface area contributed by atoms with Crippen molar-refractivity contribution in [3.05, 3.63) is 0 Å². The van der Waals surface area contributed by atoms with E-state index in [2.05, 4.69) is 17.2 Å². The Bertz CT molecular complexity index is 350. The van der Waals surface area contributed by atoms with Crippen LogP contribution in [0.3, 0.4) is 0 Å². The van der Waals surface area contributed by atoms with E-state index >= 15 is 0 Å². The summed E-state index contributed by atoms with van der Waals surface area (Å²) in [6.07, 6.45) is 1.50. The Morgan fingerprint density at radius 1 is 1.50 bits per heavy atom. The van der Waals surface area contributed by atoms with Crippen LogP contribution in [0.15, 0.2) is 0 Å². The maximum absolute atomic E-state index is 11.3. The number of hydrogen-bond donors (Lipinski definition) is 1. The summed E-state index contributed by atoms with van der Waals surface area (Å²) in [5, 5.41) is 3.27. The van der Waals surface area contributed by atoms with E-state index in [1.807, 2.05) is 13.8 Å². The molecule has 1 aliphatic rings. The minimum atomic E-state index is -2.80. The first-order valence-electron chi connectivity index (χ1n) is 4.82. The molecular weight excluding hydrogens is 198 g/mol. The first-order chi connectivity index (χ1) is 6.47. The molecule has 0 aliphatic carbocycles. The molecule has 3 nitrogen and oxygen atoms in total. The van der Waals surface area contributed by atoms with Gasteiger partial charge in [-0.3, -0.25) is 0 Å². The monoisotopic (exact) mass is 215 g/mol. The normalized spacial score (nSPS) is 29.6. The fourth-order valence-electron chi connectivity index (χ4n) is 1.70.